The molecule has 0 bridgehead atoms. The van der Waals surface area contributed by atoms with E-state index in [0.29, 0.717) is 24.2 Å². The molecule has 0 saturated heterocycles. The lowest BCUT2D eigenvalue weighted by atomic mass is 10.1. The molecule has 4 nitrogen and oxygen atoms in total. The summed E-state index contributed by atoms with van der Waals surface area (Å²) in [4.78, 5) is 33.2. The van der Waals surface area contributed by atoms with Crippen molar-refractivity contribution in [3.05, 3.63) is 35.4 Å². The summed E-state index contributed by atoms with van der Waals surface area (Å²) in [6.45, 7) is 1.54. The molecule has 0 amide bonds. The van der Waals surface area contributed by atoms with E-state index < -0.39 is 0 Å². The molecule has 0 N–H and O–H groups in total. The van der Waals surface area contributed by atoms with Crippen LogP contribution in [-0.2, 0) is 20.7 Å². The van der Waals surface area contributed by atoms with E-state index in [1.165, 1.54) is 18.9 Å². The highest BCUT2D eigenvalue weighted by Gasteiger charge is 2.11. The Balaban J connectivity index is 2.54. The van der Waals surface area contributed by atoms with Crippen molar-refractivity contribution in [3.8, 4) is 0 Å². The maximum absolute atomic E-state index is 11.3. The minimum atomic E-state index is -0.376. The predicted octanol–water partition coefficient (Wildman–Crippen LogP) is 2.30. The number of carbonyl (C=O) groups excluding carboxylic acids is 3. The molecule has 0 spiro atoms. The van der Waals surface area contributed by atoms with Crippen molar-refractivity contribution in [2.24, 2.45) is 0 Å². The molecule has 1 unspecified atom stereocenters. The molecule has 1 aromatic carbocycles. The van der Waals surface area contributed by atoms with Gasteiger partial charge in [0.15, 0.2) is 0 Å². The number of hydrogen-bond acceptors (Lipinski definition) is 5. The van der Waals surface area contributed by atoms with Crippen LogP contribution in [0.25, 0.3) is 0 Å². The molecule has 0 aromatic heterocycles. The Hall–Kier alpha value is -1.62. The first-order valence-electron chi connectivity index (χ1n) is 6.30. The normalized spacial score (nSPS) is 11.7. The molecule has 0 fully saturated rings. The molecule has 0 aliphatic carbocycles. The van der Waals surface area contributed by atoms with Crippen molar-refractivity contribution >= 4 is 29.8 Å². The SMILES string of the molecule is COC(=O)c1ccc(CC(C=O)SCCC(C)=O)cc1. The molecule has 0 radical (unpaired) electrons. The summed E-state index contributed by atoms with van der Waals surface area (Å²) in [5.74, 6) is 0.405. The highest BCUT2D eigenvalue weighted by molar-refractivity contribution is 8.00. The minimum Gasteiger partial charge on any atom is -0.465 e. The number of rotatable bonds is 8. The Bertz CT molecular complexity index is 467. The maximum atomic E-state index is 11.3. The molecular formula is C15H18O4S. The lowest BCUT2D eigenvalue weighted by molar-refractivity contribution is -0.116. The molecule has 1 atom stereocenters. The quantitative estimate of drug-likeness (QED) is 0.544. The lowest BCUT2D eigenvalue weighted by Crippen LogP contribution is -2.10. The zero-order chi connectivity index (χ0) is 15.0. The van der Waals surface area contributed by atoms with Gasteiger partial charge in [-0.25, -0.2) is 4.79 Å². The monoisotopic (exact) mass is 294 g/mol. The van der Waals surface area contributed by atoms with E-state index in [0.717, 1.165) is 11.8 Å². The summed E-state index contributed by atoms with van der Waals surface area (Å²) in [7, 11) is 1.34. The molecule has 0 aliphatic rings. The van der Waals surface area contributed by atoms with Crippen LogP contribution in [0.15, 0.2) is 24.3 Å². The first-order chi connectivity index (χ1) is 9.56. The number of esters is 1. The predicted molar refractivity (Wildman–Crippen MR) is 79.1 cm³/mol. The average molecular weight is 294 g/mol. The second-order valence-electron chi connectivity index (χ2n) is 4.39. The van der Waals surface area contributed by atoms with Crippen molar-refractivity contribution in [3.63, 3.8) is 0 Å². The Morgan fingerprint density at radius 2 is 1.95 bits per heavy atom. The number of aldehydes is 1. The van der Waals surface area contributed by atoms with E-state index in [4.69, 9.17) is 0 Å². The summed E-state index contributed by atoms with van der Waals surface area (Å²) in [6.07, 6.45) is 1.98. The fourth-order valence-corrected chi connectivity index (χ4v) is 2.72. The largest absolute Gasteiger partial charge is 0.465 e. The Morgan fingerprint density at radius 1 is 1.30 bits per heavy atom. The van der Waals surface area contributed by atoms with Gasteiger partial charge in [-0.15, -0.1) is 0 Å². The second-order valence-corrected chi connectivity index (χ2v) is 5.74. The second kappa shape index (κ2) is 8.53. The molecule has 5 heteroatoms. The van der Waals surface area contributed by atoms with E-state index in [9.17, 15) is 14.4 Å². The fourth-order valence-electron chi connectivity index (χ4n) is 1.63. The van der Waals surface area contributed by atoms with Gasteiger partial charge in [0, 0.05) is 12.2 Å². The Morgan fingerprint density at radius 3 is 2.45 bits per heavy atom. The van der Waals surface area contributed by atoms with Gasteiger partial charge >= 0.3 is 5.97 Å². The molecule has 0 aliphatic heterocycles. The summed E-state index contributed by atoms with van der Waals surface area (Å²) in [5.41, 5.74) is 1.47. The number of thioether (sulfide) groups is 1. The van der Waals surface area contributed by atoms with Crippen LogP contribution in [0.2, 0.25) is 0 Å². The van der Waals surface area contributed by atoms with Crippen LogP contribution in [-0.4, -0.2) is 36.2 Å². The summed E-state index contributed by atoms with van der Waals surface area (Å²) >= 11 is 1.48. The molecular weight excluding hydrogens is 276 g/mol. The van der Waals surface area contributed by atoms with Crippen molar-refractivity contribution in [2.75, 3.05) is 12.9 Å². The van der Waals surface area contributed by atoms with Gasteiger partial charge in [0.2, 0.25) is 0 Å². The lowest BCUT2D eigenvalue weighted by Gasteiger charge is -2.10. The summed E-state index contributed by atoms with van der Waals surface area (Å²) < 4.78 is 4.62. The topological polar surface area (TPSA) is 60.4 Å². The molecule has 0 heterocycles. The van der Waals surface area contributed by atoms with Crippen LogP contribution >= 0.6 is 11.8 Å². The number of ether oxygens (including phenoxy) is 1. The highest BCUT2D eigenvalue weighted by Crippen LogP contribution is 2.17. The van der Waals surface area contributed by atoms with Gasteiger partial charge in [0.05, 0.1) is 17.9 Å². The van der Waals surface area contributed by atoms with Crippen molar-refractivity contribution in [1.29, 1.82) is 0 Å². The van der Waals surface area contributed by atoms with Crippen molar-refractivity contribution in [1.82, 2.24) is 0 Å². The van der Waals surface area contributed by atoms with E-state index in [1.54, 1.807) is 19.1 Å². The van der Waals surface area contributed by atoms with Crippen molar-refractivity contribution in [2.45, 2.75) is 25.0 Å². The van der Waals surface area contributed by atoms with Gasteiger partial charge in [0.1, 0.15) is 12.1 Å². The number of hydrogen-bond donors (Lipinski definition) is 0. The minimum absolute atomic E-state index is 0.129. The zero-order valence-electron chi connectivity index (χ0n) is 11.6. The number of carbonyl (C=O) groups is 3. The van der Waals surface area contributed by atoms with Gasteiger partial charge in [-0.05, 0) is 31.0 Å². The number of Topliss-reactive ketones (excluding diaryl/α,β-unsaturated/α-hetero) is 1. The third-order valence-electron chi connectivity index (χ3n) is 2.75. The van der Waals surface area contributed by atoms with Crippen LogP contribution in [0.1, 0.15) is 29.3 Å². The van der Waals surface area contributed by atoms with Gasteiger partial charge < -0.3 is 9.53 Å². The Kier molecular flexibility index (Phi) is 7.01. The van der Waals surface area contributed by atoms with Crippen LogP contribution in [0.4, 0.5) is 0 Å². The van der Waals surface area contributed by atoms with E-state index in [2.05, 4.69) is 4.74 Å². The van der Waals surface area contributed by atoms with Crippen LogP contribution in [0.5, 0.6) is 0 Å². The van der Waals surface area contributed by atoms with Gasteiger partial charge in [0.25, 0.3) is 0 Å². The van der Waals surface area contributed by atoms with Gasteiger partial charge in [-0.2, -0.15) is 11.8 Å². The number of methoxy groups -OCH3 is 1. The molecule has 1 aromatic rings. The van der Waals surface area contributed by atoms with E-state index >= 15 is 0 Å². The van der Waals surface area contributed by atoms with Crippen molar-refractivity contribution < 1.29 is 19.1 Å². The standard InChI is InChI=1S/C15H18O4S/c1-11(17)7-8-20-14(10-16)9-12-3-5-13(6-4-12)15(18)19-2/h3-6,10,14H,7-9H2,1-2H3. The first-order valence-corrected chi connectivity index (χ1v) is 7.35. The third kappa shape index (κ3) is 5.57. The molecule has 1 rings (SSSR count). The van der Waals surface area contributed by atoms with Crippen LogP contribution in [0, 0.1) is 0 Å². The third-order valence-corrected chi connectivity index (χ3v) is 3.90. The fraction of sp³-hybridized carbons (Fsp3) is 0.400. The first kappa shape index (κ1) is 16.4. The summed E-state index contributed by atoms with van der Waals surface area (Å²) in [5, 5.41) is -0.168. The number of ketones is 1. The highest BCUT2D eigenvalue weighted by atomic mass is 32.2. The molecule has 20 heavy (non-hydrogen) atoms. The van der Waals surface area contributed by atoms with E-state index in [1.807, 2.05) is 12.1 Å². The summed E-state index contributed by atoms with van der Waals surface area (Å²) in [6, 6.07) is 7.00. The van der Waals surface area contributed by atoms with Crippen LogP contribution in [0.3, 0.4) is 0 Å². The zero-order valence-corrected chi connectivity index (χ0v) is 12.4. The number of benzene rings is 1. The van der Waals surface area contributed by atoms with Gasteiger partial charge in [-0.1, -0.05) is 12.1 Å². The maximum Gasteiger partial charge on any atom is 0.337 e. The average Bonchev–Trinajstić information content (AvgIpc) is 2.45. The smallest absolute Gasteiger partial charge is 0.337 e. The van der Waals surface area contributed by atoms with Gasteiger partial charge in [-0.3, -0.25) is 4.79 Å². The van der Waals surface area contributed by atoms with Crippen LogP contribution < -0.4 is 0 Å². The Labute approximate surface area is 122 Å². The van der Waals surface area contributed by atoms with E-state index in [-0.39, 0.29) is 17.0 Å². The molecule has 0 saturated carbocycles. The molecule has 108 valence electrons.